The molecule has 0 bridgehead atoms. The molecule has 174 valence electrons. The fourth-order valence-electron chi connectivity index (χ4n) is 4.55. The van der Waals surface area contributed by atoms with Crippen LogP contribution in [0.25, 0.3) is 11.1 Å². The van der Waals surface area contributed by atoms with E-state index in [4.69, 9.17) is 14.6 Å². The van der Waals surface area contributed by atoms with Crippen molar-refractivity contribution in [1.82, 2.24) is 10.6 Å². The van der Waals surface area contributed by atoms with Gasteiger partial charge in [-0.15, -0.1) is 0 Å². The van der Waals surface area contributed by atoms with Crippen molar-refractivity contribution in [3.63, 3.8) is 0 Å². The molecule has 0 radical (unpaired) electrons. The number of carboxylic acids is 1. The number of amides is 2. The Morgan fingerprint density at radius 3 is 2.33 bits per heavy atom. The molecule has 0 saturated carbocycles. The van der Waals surface area contributed by atoms with E-state index in [9.17, 15) is 14.4 Å². The van der Waals surface area contributed by atoms with Crippen LogP contribution in [0.3, 0.4) is 0 Å². The predicted molar refractivity (Wildman–Crippen MR) is 121 cm³/mol. The summed E-state index contributed by atoms with van der Waals surface area (Å²) in [6, 6.07) is 16.3. The Labute approximate surface area is 192 Å². The highest BCUT2D eigenvalue weighted by Crippen LogP contribution is 2.44. The van der Waals surface area contributed by atoms with E-state index >= 15 is 0 Å². The molecule has 4 rings (SSSR count). The number of carbonyl (C=O) groups excluding carboxylic acids is 2. The topological polar surface area (TPSA) is 114 Å². The van der Waals surface area contributed by atoms with Crippen LogP contribution in [0, 0.1) is 5.92 Å². The largest absolute Gasteiger partial charge is 0.481 e. The summed E-state index contributed by atoms with van der Waals surface area (Å²) in [6.45, 7) is 1.21. The number of hydrogen-bond donors (Lipinski definition) is 3. The van der Waals surface area contributed by atoms with Gasteiger partial charge in [-0.1, -0.05) is 48.5 Å². The van der Waals surface area contributed by atoms with Crippen molar-refractivity contribution in [2.75, 3.05) is 26.3 Å². The molecule has 1 aliphatic carbocycles. The summed E-state index contributed by atoms with van der Waals surface area (Å²) in [4.78, 5) is 35.3. The molecule has 2 unspecified atom stereocenters. The van der Waals surface area contributed by atoms with Gasteiger partial charge in [0.2, 0.25) is 5.91 Å². The predicted octanol–water partition coefficient (Wildman–Crippen LogP) is 2.91. The Morgan fingerprint density at radius 2 is 1.67 bits per heavy atom. The minimum absolute atomic E-state index is 0.00142. The van der Waals surface area contributed by atoms with Gasteiger partial charge < -0.3 is 25.2 Å². The van der Waals surface area contributed by atoms with Gasteiger partial charge in [-0.25, -0.2) is 4.79 Å². The van der Waals surface area contributed by atoms with E-state index in [1.165, 1.54) is 11.1 Å². The summed E-state index contributed by atoms with van der Waals surface area (Å²) in [7, 11) is 0. The highest BCUT2D eigenvalue weighted by Gasteiger charge is 2.34. The van der Waals surface area contributed by atoms with Crippen LogP contribution in [0.4, 0.5) is 4.79 Å². The molecule has 2 amide bonds. The van der Waals surface area contributed by atoms with E-state index < -0.39 is 18.2 Å². The van der Waals surface area contributed by atoms with E-state index in [1.807, 2.05) is 24.3 Å². The van der Waals surface area contributed by atoms with Crippen LogP contribution in [0.5, 0.6) is 0 Å². The zero-order valence-corrected chi connectivity index (χ0v) is 18.3. The molecule has 1 aliphatic heterocycles. The lowest BCUT2D eigenvalue weighted by molar-refractivity contribution is -0.137. The third kappa shape index (κ3) is 5.34. The van der Waals surface area contributed by atoms with Crippen LogP contribution in [0.15, 0.2) is 48.5 Å². The number of rotatable bonds is 9. The Bertz CT molecular complexity index is 978. The van der Waals surface area contributed by atoms with Gasteiger partial charge in [-0.05, 0) is 35.1 Å². The molecule has 0 aromatic heterocycles. The van der Waals surface area contributed by atoms with Crippen LogP contribution in [-0.4, -0.2) is 55.5 Å². The lowest BCUT2D eigenvalue weighted by Gasteiger charge is -2.19. The van der Waals surface area contributed by atoms with Crippen LogP contribution in [0.1, 0.15) is 36.3 Å². The second-order valence-electron chi connectivity index (χ2n) is 8.33. The maximum absolute atomic E-state index is 12.4. The minimum atomic E-state index is -0.897. The van der Waals surface area contributed by atoms with Crippen molar-refractivity contribution in [2.45, 2.75) is 31.3 Å². The third-order valence-electron chi connectivity index (χ3n) is 6.19. The third-order valence-corrected chi connectivity index (χ3v) is 6.19. The van der Waals surface area contributed by atoms with Gasteiger partial charge in [0.25, 0.3) is 0 Å². The second kappa shape index (κ2) is 10.5. The molecule has 8 nitrogen and oxygen atoms in total. The molecular weight excluding hydrogens is 424 g/mol. The Hall–Kier alpha value is -3.39. The summed E-state index contributed by atoms with van der Waals surface area (Å²) in [5, 5.41) is 14.1. The number of aliphatic carboxylic acids is 1. The van der Waals surface area contributed by atoms with Crippen molar-refractivity contribution in [3.05, 3.63) is 59.7 Å². The molecule has 2 aliphatic rings. The van der Waals surface area contributed by atoms with E-state index in [1.54, 1.807) is 0 Å². The number of ether oxygens (including phenoxy) is 2. The first kappa shape index (κ1) is 22.8. The second-order valence-corrected chi connectivity index (χ2v) is 8.33. The lowest BCUT2D eigenvalue weighted by Crippen LogP contribution is -2.42. The zero-order valence-electron chi connectivity index (χ0n) is 18.3. The Kier molecular flexibility index (Phi) is 7.24. The van der Waals surface area contributed by atoms with Gasteiger partial charge in [0.05, 0.1) is 0 Å². The monoisotopic (exact) mass is 452 g/mol. The summed E-state index contributed by atoms with van der Waals surface area (Å²) in [6.07, 6.45) is -0.181. The standard InChI is InChI=1S/C25H28N2O6/c28-22(29)10-5-12-26-24(30)23-16(11-13-32-23)14-27-25(31)33-15-21-19-8-3-1-6-17(19)18-7-2-4-9-20(18)21/h1-4,6-9,16,21,23H,5,10-15H2,(H,26,30)(H,27,31)(H,28,29). The van der Waals surface area contributed by atoms with Crippen LogP contribution >= 0.6 is 0 Å². The molecule has 1 saturated heterocycles. The van der Waals surface area contributed by atoms with Crippen molar-refractivity contribution in [2.24, 2.45) is 5.92 Å². The van der Waals surface area contributed by atoms with Crippen molar-refractivity contribution in [3.8, 4) is 11.1 Å². The molecular formula is C25H28N2O6. The van der Waals surface area contributed by atoms with Gasteiger partial charge in [0.15, 0.2) is 0 Å². The van der Waals surface area contributed by atoms with E-state index in [2.05, 4.69) is 34.9 Å². The molecule has 2 aromatic carbocycles. The average Bonchev–Trinajstić information content (AvgIpc) is 3.42. The molecule has 2 aromatic rings. The number of carboxylic acid groups (broad SMARTS) is 1. The summed E-state index contributed by atoms with van der Waals surface area (Å²) < 4.78 is 11.1. The maximum Gasteiger partial charge on any atom is 0.407 e. The molecule has 33 heavy (non-hydrogen) atoms. The SMILES string of the molecule is O=C(O)CCCNC(=O)C1OCCC1CNC(=O)OCC1c2ccccc2-c2ccccc21. The maximum atomic E-state index is 12.4. The van der Waals surface area contributed by atoms with Crippen LogP contribution in [-0.2, 0) is 19.1 Å². The first-order valence-electron chi connectivity index (χ1n) is 11.2. The molecule has 0 spiro atoms. The molecule has 8 heteroatoms. The number of benzene rings is 2. The van der Waals surface area contributed by atoms with Crippen LogP contribution in [0.2, 0.25) is 0 Å². The Morgan fingerprint density at radius 1 is 1.00 bits per heavy atom. The number of carbonyl (C=O) groups is 3. The first-order valence-corrected chi connectivity index (χ1v) is 11.2. The first-order chi connectivity index (χ1) is 16.0. The Balaban J connectivity index is 1.26. The van der Waals surface area contributed by atoms with Gasteiger partial charge in [-0.3, -0.25) is 9.59 Å². The lowest BCUT2D eigenvalue weighted by atomic mass is 9.98. The van der Waals surface area contributed by atoms with Gasteiger partial charge >= 0.3 is 12.1 Å². The number of hydrogen-bond acceptors (Lipinski definition) is 5. The van der Waals surface area contributed by atoms with Crippen molar-refractivity contribution < 1.29 is 29.0 Å². The van der Waals surface area contributed by atoms with E-state index in [0.717, 1.165) is 11.1 Å². The van der Waals surface area contributed by atoms with E-state index in [0.29, 0.717) is 19.4 Å². The summed E-state index contributed by atoms with van der Waals surface area (Å²) >= 11 is 0. The van der Waals surface area contributed by atoms with Gasteiger partial charge in [-0.2, -0.15) is 0 Å². The number of nitrogens with one attached hydrogen (secondary N) is 2. The summed E-state index contributed by atoms with van der Waals surface area (Å²) in [5.41, 5.74) is 4.63. The smallest absolute Gasteiger partial charge is 0.407 e. The quantitative estimate of drug-likeness (QED) is 0.504. The minimum Gasteiger partial charge on any atom is -0.481 e. The molecule has 2 atom stereocenters. The number of fused-ring (bicyclic) bond motifs is 3. The summed E-state index contributed by atoms with van der Waals surface area (Å²) in [5.74, 6) is -1.35. The highest BCUT2D eigenvalue weighted by molar-refractivity contribution is 5.81. The highest BCUT2D eigenvalue weighted by atomic mass is 16.5. The zero-order chi connectivity index (χ0) is 23.2. The molecule has 1 heterocycles. The number of alkyl carbamates (subject to hydrolysis) is 1. The van der Waals surface area contributed by atoms with Crippen LogP contribution < -0.4 is 10.6 Å². The molecule has 1 fully saturated rings. The normalized spacial score (nSPS) is 18.9. The van der Waals surface area contributed by atoms with Gasteiger partial charge in [0.1, 0.15) is 12.7 Å². The van der Waals surface area contributed by atoms with Crippen molar-refractivity contribution >= 4 is 18.0 Å². The average molecular weight is 453 g/mol. The fraction of sp³-hybridized carbons (Fsp3) is 0.400. The van der Waals surface area contributed by atoms with Crippen molar-refractivity contribution in [1.29, 1.82) is 0 Å². The van der Waals surface area contributed by atoms with Gasteiger partial charge in [0, 0.05) is 38.0 Å². The fourth-order valence-corrected chi connectivity index (χ4v) is 4.55. The van der Waals surface area contributed by atoms with E-state index in [-0.39, 0.29) is 43.9 Å². The molecule has 3 N–H and O–H groups in total.